The molecule has 2 rings (SSSR count). The zero-order valence-electron chi connectivity index (χ0n) is 11.4. The molecular weight excluding hydrogens is 268 g/mol. The fourth-order valence-corrected chi connectivity index (χ4v) is 3.68. The summed E-state index contributed by atoms with van der Waals surface area (Å²) in [5.74, 6) is 0.0151. The number of aryl methyl sites for hydroxylation is 1. The van der Waals surface area contributed by atoms with Gasteiger partial charge in [0, 0.05) is 25.9 Å². The molecule has 1 aromatic heterocycles. The van der Waals surface area contributed by atoms with Gasteiger partial charge in [0.1, 0.15) is 4.90 Å². The number of nitrogens with two attached hydrogens (primary N) is 1. The molecule has 2 heterocycles. The number of hydrogen-bond donors (Lipinski definition) is 2. The maximum atomic E-state index is 12.3. The molecule has 0 aliphatic carbocycles. The maximum Gasteiger partial charge on any atom is 0.246 e. The quantitative estimate of drug-likeness (QED) is 0.830. The fraction of sp³-hybridized carbons (Fsp3) is 0.727. The van der Waals surface area contributed by atoms with E-state index < -0.39 is 10.0 Å². The zero-order chi connectivity index (χ0) is 14.3. The van der Waals surface area contributed by atoms with Crippen molar-refractivity contribution in [3.05, 3.63) is 6.20 Å². The highest BCUT2D eigenvalue weighted by atomic mass is 32.2. The number of aromatic nitrogens is 2. The molecule has 1 aliphatic heterocycles. The average molecular weight is 288 g/mol. The molecule has 0 spiro atoms. The van der Waals surface area contributed by atoms with Crippen LogP contribution in [0, 0.1) is 0 Å². The first-order valence-corrected chi connectivity index (χ1v) is 7.63. The second-order valence-corrected chi connectivity index (χ2v) is 7.15. The molecular formula is C11H20N4O3S. The van der Waals surface area contributed by atoms with Gasteiger partial charge in [-0.2, -0.15) is 5.10 Å². The molecule has 19 heavy (non-hydrogen) atoms. The SMILES string of the molecule is Cn1cc(S(=O)(=O)NC2CCOC(C)(C)C2)c(N)n1. The van der Waals surface area contributed by atoms with E-state index in [2.05, 4.69) is 9.82 Å². The van der Waals surface area contributed by atoms with Gasteiger partial charge in [0.15, 0.2) is 5.82 Å². The third-order valence-corrected chi connectivity index (χ3v) is 4.67. The first-order chi connectivity index (χ1) is 8.70. The molecule has 1 aromatic rings. The molecule has 1 unspecified atom stereocenters. The van der Waals surface area contributed by atoms with E-state index in [0.29, 0.717) is 19.4 Å². The predicted molar refractivity (Wildman–Crippen MR) is 71.0 cm³/mol. The summed E-state index contributed by atoms with van der Waals surface area (Å²) >= 11 is 0. The monoisotopic (exact) mass is 288 g/mol. The number of nitrogen functional groups attached to an aromatic ring is 1. The Morgan fingerprint density at radius 2 is 2.26 bits per heavy atom. The molecule has 1 aliphatic rings. The average Bonchev–Trinajstić information content (AvgIpc) is 2.56. The van der Waals surface area contributed by atoms with Gasteiger partial charge in [-0.05, 0) is 26.7 Å². The molecule has 0 aromatic carbocycles. The van der Waals surface area contributed by atoms with E-state index >= 15 is 0 Å². The standard InChI is InChI=1S/C11H20N4O3S/c1-11(2)6-8(4-5-18-11)14-19(16,17)9-7-15(3)13-10(9)12/h7-8,14H,4-6H2,1-3H3,(H2,12,13). The molecule has 8 heteroatoms. The minimum absolute atomic E-state index is 0.0151. The van der Waals surface area contributed by atoms with Crippen molar-refractivity contribution in [3.63, 3.8) is 0 Å². The van der Waals surface area contributed by atoms with Crippen LogP contribution in [-0.2, 0) is 21.8 Å². The van der Waals surface area contributed by atoms with Gasteiger partial charge in [-0.3, -0.25) is 4.68 Å². The summed E-state index contributed by atoms with van der Waals surface area (Å²) < 4.78 is 34.2. The van der Waals surface area contributed by atoms with E-state index in [1.54, 1.807) is 7.05 Å². The Morgan fingerprint density at radius 1 is 1.58 bits per heavy atom. The summed E-state index contributed by atoms with van der Waals surface area (Å²) in [5.41, 5.74) is 5.30. The summed E-state index contributed by atoms with van der Waals surface area (Å²) in [5, 5.41) is 3.85. The Hall–Kier alpha value is -1.12. The van der Waals surface area contributed by atoms with Gasteiger partial charge in [0.05, 0.1) is 5.60 Å². The van der Waals surface area contributed by atoms with E-state index in [1.807, 2.05) is 13.8 Å². The summed E-state index contributed by atoms with van der Waals surface area (Å²) in [4.78, 5) is 0.0271. The molecule has 0 amide bonds. The van der Waals surface area contributed by atoms with Crippen LogP contribution >= 0.6 is 0 Å². The van der Waals surface area contributed by atoms with Crippen LogP contribution in [0.15, 0.2) is 11.1 Å². The Kier molecular flexibility index (Phi) is 3.59. The highest BCUT2D eigenvalue weighted by Gasteiger charge is 2.32. The second kappa shape index (κ2) is 4.77. The van der Waals surface area contributed by atoms with E-state index in [-0.39, 0.29) is 22.4 Å². The van der Waals surface area contributed by atoms with Crippen LogP contribution in [0.5, 0.6) is 0 Å². The van der Waals surface area contributed by atoms with Gasteiger partial charge in [0.25, 0.3) is 0 Å². The van der Waals surface area contributed by atoms with Crippen molar-refractivity contribution in [2.24, 2.45) is 7.05 Å². The number of sulfonamides is 1. The highest BCUT2D eigenvalue weighted by molar-refractivity contribution is 7.89. The third-order valence-electron chi connectivity index (χ3n) is 3.13. The van der Waals surface area contributed by atoms with Crippen LogP contribution in [0.25, 0.3) is 0 Å². The van der Waals surface area contributed by atoms with E-state index in [9.17, 15) is 8.42 Å². The van der Waals surface area contributed by atoms with Gasteiger partial charge in [-0.25, -0.2) is 13.1 Å². The molecule has 0 saturated carbocycles. The largest absolute Gasteiger partial charge is 0.381 e. The normalized spacial score (nSPS) is 23.4. The first-order valence-electron chi connectivity index (χ1n) is 6.15. The minimum atomic E-state index is -3.63. The van der Waals surface area contributed by atoms with Crippen LogP contribution in [0.4, 0.5) is 5.82 Å². The highest BCUT2D eigenvalue weighted by Crippen LogP contribution is 2.25. The molecule has 108 valence electrons. The molecule has 0 radical (unpaired) electrons. The first kappa shape index (κ1) is 14.3. The van der Waals surface area contributed by atoms with Crippen molar-refractivity contribution >= 4 is 15.8 Å². The van der Waals surface area contributed by atoms with Crippen molar-refractivity contribution in [2.75, 3.05) is 12.3 Å². The zero-order valence-corrected chi connectivity index (χ0v) is 12.2. The van der Waals surface area contributed by atoms with Crippen molar-refractivity contribution in [2.45, 2.75) is 43.2 Å². The number of nitrogens with one attached hydrogen (secondary N) is 1. The van der Waals surface area contributed by atoms with Gasteiger partial charge >= 0.3 is 0 Å². The number of hydrogen-bond acceptors (Lipinski definition) is 5. The Labute approximate surface area is 113 Å². The Morgan fingerprint density at radius 3 is 2.79 bits per heavy atom. The number of nitrogens with zero attached hydrogens (tertiary/aromatic N) is 2. The van der Waals surface area contributed by atoms with E-state index in [0.717, 1.165) is 0 Å². The van der Waals surface area contributed by atoms with Gasteiger partial charge in [-0.15, -0.1) is 0 Å². The van der Waals surface area contributed by atoms with Crippen LogP contribution < -0.4 is 10.5 Å². The molecule has 7 nitrogen and oxygen atoms in total. The van der Waals surface area contributed by atoms with Gasteiger partial charge < -0.3 is 10.5 Å². The molecule has 1 atom stereocenters. The van der Waals surface area contributed by atoms with Crippen LogP contribution in [-0.4, -0.2) is 36.4 Å². The van der Waals surface area contributed by atoms with Crippen molar-refractivity contribution in [1.82, 2.24) is 14.5 Å². The number of rotatable bonds is 3. The lowest BCUT2D eigenvalue weighted by molar-refractivity contribution is -0.0599. The topological polar surface area (TPSA) is 99.2 Å². The Bertz CT molecular complexity index is 564. The van der Waals surface area contributed by atoms with Crippen molar-refractivity contribution < 1.29 is 13.2 Å². The maximum absolute atomic E-state index is 12.3. The minimum Gasteiger partial charge on any atom is -0.381 e. The summed E-state index contributed by atoms with van der Waals surface area (Å²) in [7, 11) is -2.00. The van der Waals surface area contributed by atoms with E-state index in [1.165, 1.54) is 10.9 Å². The van der Waals surface area contributed by atoms with Gasteiger partial charge in [0.2, 0.25) is 10.0 Å². The molecule has 1 saturated heterocycles. The Balaban J connectivity index is 2.16. The lowest BCUT2D eigenvalue weighted by atomic mass is 9.95. The van der Waals surface area contributed by atoms with Crippen LogP contribution in [0.2, 0.25) is 0 Å². The predicted octanol–water partition coefficient (Wildman–Crippen LogP) is 0.238. The number of anilines is 1. The van der Waals surface area contributed by atoms with Gasteiger partial charge in [-0.1, -0.05) is 0 Å². The van der Waals surface area contributed by atoms with Crippen molar-refractivity contribution in [1.29, 1.82) is 0 Å². The van der Waals surface area contributed by atoms with Crippen LogP contribution in [0.1, 0.15) is 26.7 Å². The van der Waals surface area contributed by atoms with Crippen LogP contribution in [0.3, 0.4) is 0 Å². The third kappa shape index (κ3) is 3.26. The lowest BCUT2D eigenvalue weighted by Crippen LogP contribution is -2.45. The number of ether oxygens (including phenoxy) is 1. The molecule has 3 N–H and O–H groups in total. The fourth-order valence-electron chi connectivity index (χ4n) is 2.31. The summed E-state index contributed by atoms with van der Waals surface area (Å²) in [6.07, 6.45) is 2.69. The smallest absolute Gasteiger partial charge is 0.246 e. The molecule has 0 bridgehead atoms. The van der Waals surface area contributed by atoms with Crippen molar-refractivity contribution in [3.8, 4) is 0 Å². The summed E-state index contributed by atoms with van der Waals surface area (Å²) in [6, 6.07) is -0.145. The molecule has 1 fully saturated rings. The summed E-state index contributed by atoms with van der Waals surface area (Å²) in [6.45, 7) is 4.44. The lowest BCUT2D eigenvalue weighted by Gasteiger charge is -2.35. The second-order valence-electron chi connectivity index (χ2n) is 5.47. The van der Waals surface area contributed by atoms with E-state index in [4.69, 9.17) is 10.5 Å².